The average molecular weight is 485 g/mol. The van der Waals surface area contributed by atoms with E-state index in [0.717, 1.165) is 30.1 Å². The van der Waals surface area contributed by atoms with E-state index in [2.05, 4.69) is 20.4 Å². The van der Waals surface area contributed by atoms with Crippen molar-refractivity contribution < 1.29 is 13.5 Å². The molecule has 3 rings (SSSR count). The molecule has 0 radical (unpaired) electrons. The van der Waals surface area contributed by atoms with Gasteiger partial charge in [0.15, 0.2) is 0 Å². The maximum absolute atomic E-state index is 13.6. The number of nitrogens with zero attached hydrogens (tertiary/aromatic N) is 1. The fourth-order valence-corrected chi connectivity index (χ4v) is 11.7. The van der Waals surface area contributed by atoms with Gasteiger partial charge in [-0.3, -0.25) is 0 Å². The van der Waals surface area contributed by atoms with Crippen LogP contribution >= 0.6 is 0 Å². The van der Waals surface area contributed by atoms with Crippen LogP contribution in [0.5, 0.6) is 0 Å². The summed E-state index contributed by atoms with van der Waals surface area (Å²) in [6.45, 7) is 14.5. The molecule has 0 amide bonds. The Morgan fingerprint density at radius 1 is 1.31 bits per heavy atom. The van der Waals surface area contributed by atoms with Crippen molar-refractivity contribution in [3.8, 4) is 0 Å². The van der Waals surface area contributed by atoms with Crippen LogP contribution in [0.2, 0.25) is 5.32 Å². The molecule has 6 heteroatoms. The van der Waals surface area contributed by atoms with E-state index in [1.807, 2.05) is 32.9 Å². The normalized spacial score (nSPS) is 29.5. The van der Waals surface area contributed by atoms with Gasteiger partial charge in [0.25, 0.3) is 0 Å². The number of hydrogen-bond acceptors (Lipinski definition) is 3. The zero-order chi connectivity index (χ0) is 21.6. The Morgan fingerprint density at radius 2 is 1.93 bits per heavy atom. The summed E-state index contributed by atoms with van der Waals surface area (Å²) in [6, 6.07) is 6.84. The SMILES string of the molecule is C=CC(C(C)C)N([Se]CC12CCC(CC1O)C2(C)C)S(=O)(=O)c1ccc(C)cc1. The van der Waals surface area contributed by atoms with Crippen molar-refractivity contribution in [3.63, 3.8) is 0 Å². The molecule has 0 saturated heterocycles. The van der Waals surface area contributed by atoms with Crippen LogP contribution in [0, 0.1) is 29.6 Å². The topological polar surface area (TPSA) is 57.6 Å². The molecule has 2 saturated carbocycles. The van der Waals surface area contributed by atoms with Crippen molar-refractivity contribution >= 4 is 25.2 Å². The molecule has 2 fully saturated rings. The minimum atomic E-state index is -3.63. The Labute approximate surface area is 183 Å². The summed E-state index contributed by atoms with van der Waals surface area (Å²) in [4.78, 5) is 0.338. The Balaban J connectivity index is 1.95. The molecular formula is C23H35NO3SSe. The molecule has 2 aliphatic carbocycles. The molecule has 0 spiro atoms. The molecule has 0 heterocycles. The van der Waals surface area contributed by atoms with Crippen molar-refractivity contribution in [1.29, 1.82) is 0 Å². The second kappa shape index (κ2) is 8.12. The van der Waals surface area contributed by atoms with E-state index >= 15 is 0 Å². The monoisotopic (exact) mass is 485 g/mol. The van der Waals surface area contributed by atoms with Crippen LogP contribution in [-0.2, 0) is 10.0 Å². The van der Waals surface area contributed by atoms with Gasteiger partial charge in [-0.1, -0.05) is 0 Å². The molecule has 29 heavy (non-hydrogen) atoms. The van der Waals surface area contributed by atoms with Crippen LogP contribution in [0.15, 0.2) is 41.8 Å². The molecule has 2 bridgehead atoms. The van der Waals surface area contributed by atoms with Gasteiger partial charge in [-0.15, -0.1) is 0 Å². The summed E-state index contributed by atoms with van der Waals surface area (Å²) in [5.74, 6) is 0.667. The number of hydrogen-bond donors (Lipinski definition) is 1. The summed E-state index contributed by atoms with van der Waals surface area (Å²) >= 11 is -0.315. The number of benzene rings is 1. The Morgan fingerprint density at radius 3 is 2.38 bits per heavy atom. The third-order valence-corrected chi connectivity index (χ3v) is 13.3. The van der Waals surface area contributed by atoms with Gasteiger partial charge in [-0.25, -0.2) is 0 Å². The summed E-state index contributed by atoms with van der Waals surface area (Å²) < 4.78 is 28.9. The van der Waals surface area contributed by atoms with E-state index in [4.69, 9.17) is 0 Å². The summed E-state index contributed by atoms with van der Waals surface area (Å²) in [7, 11) is -3.63. The first-order chi connectivity index (χ1) is 13.5. The second-order valence-corrected chi connectivity index (χ2v) is 14.0. The van der Waals surface area contributed by atoms with Gasteiger partial charge >= 0.3 is 183 Å². The Kier molecular flexibility index (Phi) is 6.45. The molecule has 4 nitrogen and oxygen atoms in total. The Hall–Kier alpha value is -0.651. The third kappa shape index (κ3) is 3.76. The van der Waals surface area contributed by atoms with Crippen molar-refractivity contribution in [1.82, 2.24) is 3.32 Å². The summed E-state index contributed by atoms with van der Waals surface area (Å²) in [6.07, 6.45) is 4.42. The van der Waals surface area contributed by atoms with Crippen LogP contribution in [0.4, 0.5) is 0 Å². The number of aliphatic hydroxyl groups is 1. The number of rotatable bonds is 8. The predicted octanol–water partition coefficient (Wildman–Crippen LogP) is 4.42. The molecule has 0 aliphatic heterocycles. The zero-order valence-corrected chi connectivity index (χ0v) is 20.8. The van der Waals surface area contributed by atoms with Gasteiger partial charge in [0.2, 0.25) is 0 Å². The molecule has 162 valence electrons. The van der Waals surface area contributed by atoms with Gasteiger partial charge in [0.1, 0.15) is 0 Å². The van der Waals surface area contributed by atoms with Crippen LogP contribution in [-0.4, -0.2) is 44.2 Å². The van der Waals surface area contributed by atoms with E-state index < -0.39 is 10.0 Å². The van der Waals surface area contributed by atoms with Crippen LogP contribution in [0.1, 0.15) is 52.5 Å². The first-order valence-corrected chi connectivity index (χ1v) is 13.9. The van der Waals surface area contributed by atoms with Crippen LogP contribution in [0.25, 0.3) is 0 Å². The third-order valence-electron chi connectivity index (χ3n) is 7.56. The van der Waals surface area contributed by atoms with Crippen molar-refractivity contribution in [2.45, 2.75) is 76.2 Å². The number of sulfonamides is 1. The van der Waals surface area contributed by atoms with E-state index in [1.165, 1.54) is 0 Å². The molecule has 0 aromatic heterocycles. The molecule has 2 aliphatic rings. The molecule has 1 aromatic carbocycles. The van der Waals surface area contributed by atoms with Gasteiger partial charge in [0, 0.05) is 0 Å². The first kappa shape index (κ1) is 23.0. The van der Waals surface area contributed by atoms with Crippen molar-refractivity contribution in [3.05, 3.63) is 42.5 Å². The minimum absolute atomic E-state index is 0.0506. The fraction of sp³-hybridized carbons (Fsp3) is 0.652. The van der Waals surface area contributed by atoms with Crippen LogP contribution in [0.3, 0.4) is 0 Å². The van der Waals surface area contributed by atoms with E-state index in [9.17, 15) is 13.5 Å². The van der Waals surface area contributed by atoms with Crippen molar-refractivity contribution in [2.75, 3.05) is 0 Å². The van der Waals surface area contributed by atoms with E-state index in [1.54, 1.807) is 21.5 Å². The second-order valence-electron chi connectivity index (χ2n) is 9.68. The number of aliphatic hydroxyl groups excluding tert-OH is 1. The molecular weight excluding hydrogens is 449 g/mol. The molecule has 1 aromatic rings. The van der Waals surface area contributed by atoms with Gasteiger partial charge in [0.05, 0.1) is 0 Å². The average Bonchev–Trinajstić information content (AvgIpc) is 2.99. The fourth-order valence-electron chi connectivity index (χ4n) is 5.29. The summed E-state index contributed by atoms with van der Waals surface area (Å²) in [5, 5.41) is 11.6. The van der Waals surface area contributed by atoms with Gasteiger partial charge in [-0.05, 0) is 0 Å². The summed E-state index contributed by atoms with van der Waals surface area (Å²) in [5.41, 5.74) is 0.910. The molecule has 4 unspecified atom stereocenters. The predicted molar refractivity (Wildman–Crippen MR) is 119 cm³/mol. The number of fused-ring (bicyclic) bond motifs is 2. The van der Waals surface area contributed by atoms with E-state index in [-0.39, 0.29) is 44.1 Å². The van der Waals surface area contributed by atoms with Crippen LogP contribution < -0.4 is 0 Å². The first-order valence-electron chi connectivity index (χ1n) is 10.5. The van der Waals surface area contributed by atoms with Gasteiger partial charge < -0.3 is 0 Å². The maximum atomic E-state index is 13.6. The standard InChI is InChI=1S/C23H35NO3SSe/c1-7-20(16(2)3)24(28(26,27)19-10-8-17(4)9-11-19)29-15-23-13-12-18(14-21(23)25)22(23,5)6/h7-11,16,18,20-21,25H,1,12-15H2,2-6H3. The van der Waals surface area contributed by atoms with Crippen molar-refractivity contribution in [2.24, 2.45) is 22.7 Å². The number of aryl methyl sites for hydroxylation is 1. The van der Waals surface area contributed by atoms with Gasteiger partial charge in [-0.2, -0.15) is 0 Å². The molecule has 1 N–H and O–H groups in total. The Bertz CT molecular complexity index is 849. The van der Waals surface area contributed by atoms with E-state index in [0.29, 0.717) is 10.8 Å². The zero-order valence-electron chi connectivity index (χ0n) is 18.3. The molecule has 4 atom stereocenters. The quantitative estimate of drug-likeness (QED) is 0.439.